The van der Waals surface area contributed by atoms with Gasteiger partial charge in [-0.05, 0) is 59.2 Å². The van der Waals surface area contributed by atoms with Gasteiger partial charge < -0.3 is 25.0 Å². The third kappa shape index (κ3) is 12.8. The van der Waals surface area contributed by atoms with Crippen LogP contribution >= 0.6 is 0 Å². The maximum absolute atomic E-state index is 12.5. The van der Waals surface area contributed by atoms with Crippen LogP contribution in [-0.2, 0) is 32.1 Å². The predicted octanol–water partition coefficient (Wildman–Crippen LogP) is 2.48. The third-order valence-corrected chi connectivity index (χ3v) is 4.47. The van der Waals surface area contributed by atoms with Gasteiger partial charge in [-0.2, -0.15) is 5.06 Å². The third-order valence-electron chi connectivity index (χ3n) is 4.47. The summed E-state index contributed by atoms with van der Waals surface area (Å²) in [6, 6.07) is 3.58. The van der Waals surface area contributed by atoms with Crippen LogP contribution in [0.1, 0.15) is 59.1 Å². The van der Waals surface area contributed by atoms with Gasteiger partial charge in [0.2, 0.25) is 0 Å². The Kier molecular flexibility index (Phi) is 12.2. The molecule has 0 aliphatic rings. The van der Waals surface area contributed by atoms with E-state index in [4.69, 9.17) is 24.5 Å². The van der Waals surface area contributed by atoms with Crippen molar-refractivity contribution in [3.8, 4) is 0 Å². The van der Waals surface area contributed by atoms with Crippen molar-refractivity contribution in [2.45, 2.75) is 78.2 Å². The van der Waals surface area contributed by atoms with Gasteiger partial charge in [0.25, 0.3) is 5.69 Å². The molecule has 204 valence electrons. The van der Waals surface area contributed by atoms with Gasteiger partial charge in [0.15, 0.2) is 0 Å². The molecule has 0 fully saturated rings. The molecule has 0 aromatic heterocycles. The highest BCUT2D eigenvalue weighted by atomic mass is 16.7. The number of aliphatic hydroxyl groups excluding tert-OH is 2. The molecule has 1 amide bonds. The average Bonchev–Trinajstić information content (AvgIpc) is 2.69. The normalized spacial score (nSPS) is 12.8. The summed E-state index contributed by atoms with van der Waals surface area (Å²) in [5.41, 5.74) is -0.835. The van der Waals surface area contributed by atoms with E-state index in [-0.39, 0.29) is 57.0 Å². The van der Waals surface area contributed by atoms with E-state index in [1.165, 1.54) is 17.2 Å². The van der Waals surface area contributed by atoms with Crippen molar-refractivity contribution in [2.75, 3.05) is 26.3 Å². The van der Waals surface area contributed by atoms with Crippen molar-refractivity contribution in [2.24, 2.45) is 0 Å². The summed E-state index contributed by atoms with van der Waals surface area (Å²) < 4.78 is 10.7. The largest absolute Gasteiger partial charge is 0.460 e. The number of alkyl carbamates (subject to hydrolysis) is 1. The number of ether oxygens (including phenoxy) is 2. The van der Waals surface area contributed by atoms with Crippen LogP contribution < -0.4 is 5.32 Å². The second kappa shape index (κ2) is 14.1. The van der Waals surface area contributed by atoms with Crippen LogP contribution in [0.25, 0.3) is 0 Å². The van der Waals surface area contributed by atoms with Gasteiger partial charge in [0.1, 0.15) is 11.2 Å². The molecule has 12 heteroatoms. The van der Waals surface area contributed by atoms with Crippen molar-refractivity contribution in [1.29, 1.82) is 0 Å². The fourth-order valence-electron chi connectivity index (χ4n) is 3.20. The number of nitrogens with one attached hydrogen (secondary N) is 1. The van der Waals surface area contributed by atoms with Crippen molar-refractivity contribution in [3.63, 3.8) is 0 Å². The predicted molar refractivity (Wildman–Crippen MR) is 131 cm³/mol. The Hall–Kier alpha value is -2.80. The highest BCUT2D eigenvalue weighted by Gasteiger charge is 2.27. The number of aliphatic hydroxyl groups is 2. The highest BCUT2D eigenvalue weighted by molar-refractivity contribution is 5.73. The minimum absolute atomic E-state index is 0.0290. The molecule has 1 rings (SSSR count). The molecule has 1 aromatic rings. The first-order chi connectivity index (χ1) is 16.6. The summed E-state index contributed by atoms with van der Waals surface area (Å²) >= 11 is 0. The van der Waals surface area contributed by atoms with Gasteiger partial charge >= 0.3 is 12.1 Å². The molecule has 0 bridgehead atoms. The maximum Gasteiger partial charge on any atom is 0.407 e. The van der Waals surface area contributed by atoms with Crippen LogP contribution in [0.4, 0.5) is 10.5 Å². The zero-order valence-electron chi connectivity index (χ0n) is 21.9. The molecule has 1 aromatic carbocycles. The first kappa shape index (κ1) is 31.2. The second-order valence-electron chi connectivity index (χ2n) is 10.2. The molecule has 0 unspecified atom stereocenters. The van der Waals surface area contributed by atoms with Crippen LogP contribution in [0.3, 0.4) is 0 Å². The van der Waals surface area contributed by atoms with E-state index in [9.17, 15) is 19.7 Å². The number of nitro groups is 1. The molecule has 1 atom stereocenters. The lowest BCUT2D eigenvalue weighted by Crippen LogP contribution is -2.42. The Bertz CT molecular complexity index is 843. The van der Waals surface area contributed by atoms with Crippen molar-refractivity contribution < 1.29 is 39.0 Å². The van der Waals surface area contributed by atoms with E-state index in [0.29, 0.717) is 5.56 Å². The van der Waals surface area contributed by atoms with Gasteiger partial charge in [-0.15, -0.1) is 0 Å². The molecule has 0 aliphatic heterocycles. The Labute approximate surface area is 211 Å². The zero-order valence-corrected chi connectivity index (χ0v) is 21.9. The molecule has 12 nitrogen and oxygen atoms in total. The standard InChI is InChI=1S/C24H39N3O9/c1-23(2,3)35-21(30)15-19(25-22(31)36-24(4,5)6)14-18-13-17(7-8-20(18)27(32)33)16-34-26(9-11-28)10-12-29/h7-8,13,19,28-29H,9-12,14-16H2,1-6H3,(H,25,31)/t19-/m0/s1. The van der Waals surface area contributed by atoms with E-state index in [2.05, 4.69) is 5.32 Å². The topological polar surface area (TPSA) is 161 Å². The number of carbonyl (C=O) groups is 2. The van der Waals surface area contributed by atoms with E-state index < -0.39 is 34.2 Å². The molecule has 0 radical (unpaired) electrons. The summed E-state index contributed by atoms with van der Waals surface area (Å²) in [7, 11) is 0. The quantitative estimate of drug-likeness (QED) is 0.203. The van der Waals surface area contributed by atoms with E-state index in [1.807, 2.05) is 0 Å². The maximum atomic E-state index is 12.5. The number of nitro benzene ring substituents is 1. The SMILES string of the molecule is CC(C)(C)OC(=O)C[C@H](Cc1cc(CON(CCO)CCO)ccc1[N+](=O)[O-])NC(=O)OC(C)(C)C. The molecule has 36 heavy (non-hydrogen) atoms. The molecule has 3 N–H and O–H groups in total. The van der Waals surface area contributed by atoms with Crippen LogP contribution in [0.2, 0.25) is 0 Å². The highest BCUT2D eigenvalue weighted by Crippen LogP contribution is 2.24. The number of nitrogens with zero attached hydrogens (tertiary/aromatic N) is 2. The number of hydroxylamine groups is 2. The Morgan fingerprint density at radius 3 is 2.14 bits per heavy atom. The molecule has 0 heterocycles. The van der Waals surface area contributed by atoms with Crippen LogP contribution in [0, 0.1) is 10.1 Å². The van der Waals surface area contributed by atoms with Crippen molar-refractivity contribution in [1.82, 2.24) is 10.4 Å². The van der Waals surface area contributed by atoms with Crippen molar-refractivity contribution in [3.05, 3.63) is 39.4 Å². The molecule has 0 aliphatic carbocycles. The van der Waals surface area contributed by atoms with Crippen LogP contribution in [0.5, 0.6) is 0 Å². The first-order valence-corrected chi connectivity index (χ1v) is 11.7. The van der Waals surface area contributed by atoms with Gasteiger partial charge in [-0.25, -0.2) is 4.79 Å². The number of benzene rings is 1. The summed E-state index contributed by atoms with van der Waals surface area (Å²) in [4.78, 5) is 41.6. The summed E-state index contributed by atoms with van der Waals surface area (Å²) in [6.07, 6.45) is -1.03. The number of amides is 1. The lowest BCUT2D eigenvalue weighted by molar-refractivity contribution is -0.385. The number of hydrogen-bond donors (Lipinski definition) is 3. The smallest absolute Gasteiger partial charge is 0.407 e. The number of rotatable bonds is 13. The molecular formula is C24H39N3O9. The zero-order chi connectivity index (χ0) is 27.5. The average molecular weight is 514 g/mol. The molecule has 0 saturated heterocycles. The van der Waals surface area contributed by atoms with Crippen LogP contribution in [0.15, 0.2) is 18.2 Å². The fourth-order valence-corrected chi connectivity index (χ4v) is 3.20. The molecule has 0 saturated carbocycles. The Morgan fingerprint density at radius 1 is 1.06 bits per heavy atom. The van der Waals surface area contributed by atoms with Crippen LogP contribution in [-0.4, -0.2) is 75.8 Å². The van der Waals surface area contributed by atoms with Gasteiger partial charge in [0, 0.05) is 37.2 Å². The summed E-state index contributed by atoms with van der Waals surface area (Å²) in [6.45, 7) is 10.3. The van der Waals surface area contributed by atoms with E-state index >= 15 is 0 Å². The van der Waals surface area contributed by atoms with Gasteiger partial charge in [-0.1, -0.05) is 0 Å². The van der Waals surface area contributed by atoms with E-state index in [0.717, 1.165) is 0 Å². The Balaban J connectivity index is 3.17. The minimum atomic E-state index is -0.843. The second-order valence-corrected chi connectivity index (χ2v) is 10.2. The lowest BCUT2D eigenvalue weighted by Gasteiger charge is -2.25. The molecular weight excluding hydrogens is 474 g/mol. The fraction of sp³-hybridized carbons (Fsp3) is 0.667. The van der Waals surface area contributed by atoms with E-state index in [1.54, 1.807) is 47.6 Å². The number of esters is 1. The lowest BCUT2D eigenvalue weighted by atomic mass is 9.99. The first-order valence-electron chi connectivity index (χ1n) is 11.7. The number of hydrogen-bond acceptors (Lipinski definition) is 10. The summed E-state index contributed by atoms with van der Waals surface area (Å²) in [5.74, 6) is -0.575. The van der Waals surface area contributed by atoms with Gasteiger partial charge in [0.05, 0.1) is 31.2 Å². The molecule has 0 spiro atoms. The monoisotopic (exact) mass is 513 g/mol. The minimum Gasteiger partial charge on any atom is -0.460 e. The summed E-state index contributed by atoms with van der Waals surface area (Å²) in [5, 5.41) is 33.9. The van der Waals surface area contributed by atoms with Crippen molar-refractivity contribution >= 4 is 17.7 Å². The Morgan fingerprint density at radius 2 is 1.64 bits per heavy atom. The number of carbonyl (C=O) groups excluding carboxylic acids is 2. The van der Waals surface area contributed by atoms with Gasteiger partial charge in [-0.3, -0.25) is 19.7 Å².